The van der Waals surface area contributed by atoms with E-state index >= 15 is 0 Å². The van der Waals surface area contributed by atoms with Crippen LogP contribution in [0.4, 0.5) is 0 Å². The first-order valence-corrected chi connectivity index (χ1v) is 6.75. The molecule has 1 fully saturated rings. The van der Waals surface area contributed by atoms with Crippen LogP contribution in [0.3, 0.4) is 0 Å². The molecular formula is C13H28N2O. The van der Waals surface area contributed by atoms with Crippen LogP contribution in [0, 0.1) is 5.92 Å². The van der Waals surface area contributed by atoms with Gasteiger partial charge in [-0.05, 0) is 18.9 Å². The molecule has 0 aromatic heterocycles. The van der Waals surface area contributed by atoms with Crippen molar-refractivity contribution < 1.29 is 4.74 Å². The summed E-state index contributed by atoms with van der Waals surface area (Å²) in [7, 11) is 0. The largest absolute Gasteiger partial charge is 0.379 e. The average molecular weight is 228 g/mol. The summed E-state index contributed by atoms with van der Waals surface area (Å²) >= 11 is 0. The normalized spacial score (nSPS) is 25.9. The molecule has 0 spiro atoms. The summed E-state index contributed by atoms with van der Waals surface area (Å²) < 4.78 is 5.56. The van der Waals surface area contributed by atoms with E-state index < -0.39 is 0 Å². The van der Waals surface area contributed by atoms with Crippen molar-refractivity contribution in [2.24, 2.45) is 11.7 Å². The van der Waals surface area contributed by atoms with Crippen LogP contribution < -0.4 is 5.73 Å². The zero-order valence-corrected chi connectivity index (χ0v) is 11.2. The molecule has 1 heterocycles. The molecule has 0 saturated carbocycles. The van der Waals surface area contributed by atoms with Crippen molar-refractivity contribution in [2.75, 3.05) is 32.8 Å². The maximum atomic E-state index is 5.98. The number of rotatable bonds is 7. The Balaban J connectivity index is 2.63. The molecule has 3 nitrogen and oxygen atoms in total. The second kappa shape index (κ2) is 6.58. The third-order valence-electron chi connectivity index (χ3n) is 4.15. The lowest BCUT2D eigenvalue weighted by Crippen LogP contribution is -2.55. The summed E-state index contributed by atoms with van der Waals surface area (Å²) in [6, 6.07) is 0. The van der Waals surface area contributed by atoms with Gasteiger partial charge >= 0.3 is 0 Å². The van der Waals surface area contributed by atoms with Gasteiger partial charge in [0, 0.05) is 19.7 Å². The number of nitrogens with two attached hydrogens (primary N) is 1. The van der Waals surface area contributed by atoms with Gasteiger partial charge in [0.15, 0.2) is 0 Å². The van der Waals surface area contributed by atoms with Gasteiger partial charge in [0.1, 0.15) is 0 Å². The van der Waals surface area contributed by atoms with E-state index in [2.05, 4.69) is 25.7 Å². The molecule has 0 bridgehead atoms. The highest BCUT2D eigenvalue weighted by Gasteiger charge is 2.39. The van der Waals surface area contributed by atoms with Gasteiger partial charge in [-0.3, -0.25) is 4.90 Å². The minimum Gasteiger partial charge on any atom is -0.379 e. The van der Waals surface area contributed by atoms with Gasteiger partial charge in [0.25, 0.3) is 0 Å². The first kappa shape index (κ1) is 13.9. The molecular weight excluding hydrogens is 200 g/mol. The SMILES string of the molecule is CCC(CC)CN(CC)C1(CN)CCOC1. The Morgan fingerprint density at radius 3 is 2.38 bits per heavy atom. The van der Waals surface area contributed by atoms with Crippen molar-refractivity contribution in [1.29, 1.82) is 0 Å². The molecule has 96 valence electrons. The Bertz CT molecular complexity index is 186. The summed E-state index contributed by atoms with van der Waals surface area (Å²) in [5, 5.41) is 0. The van der Waals surface area contributed by atoms with Crippen molar-refractivity contribution >= 4 is 0 Å². The van der Waals surface area contributed by atoms with Gasteiger partial charge in [-0.2, -0.15) is 0 Å². The Morgan fingerprint density at radius 1 is 1.31 bits per heavy atom. The molecule has 1 aliphatic rings. The second-order valence-electron chi connectivity index (χ2n) is 4.95. The maximum Gasteiger partial charge on any atom is 0.0663 e. The quantitative estimate of drug-likeness (QED) is 0.723. The van der Waals surface area contributed by atoms with Crippen LogP contribution in [0.2, 0.25) is 0 Å². The molecule has 1 unspecified atom stereocenters. The summed E-state index contributed by atoms with van der Waals surface area (Å²) in [5.41, 5.74) is 6.10. The van der Waals surface area contributed by atoms with Gasteiger partial charge in [0.2, 0.25) is 0 Å². The molecule has 1 saturated heterocycles. The van der Waals surface area contributed by atoms with E-state index in [-0.39, 0.29) is 5.54 Å². The molecule has 1 atom stereocenters. The van der Waals surface area contributed by atoms with Gasteiger partial charge in [0.05, 0.1) is 12.1 Å². The van der Waals surface area contributed by atoms with Crippen molar-refractivity contribution in [1.82, 2.24) is 4.90 Å². The van der Waals surface area contributed by atoms with E-state index in [0.717, 1.165) is 38.6 Å². The number of likely N-dealkylation sites (N-methyl/N-ethyl adjacent to an activating group) is 1. The van der Waals surface area contributed by atoms with E-state index in [4.69, 9.17) is 10.5 Å². The van der Waals surface area contributed by atoms with E-state index in [0.29, 0.717) is 0 Å². The molecule has 0 aliphatic carbocycles. The summed E-state index contributed by atoms with van der Waals surface area (Å²) in [6.07, 6.45) is 3.61. The van der Waals surface area contributed by atoms with Crippen molar-refractivity contribution in [2.45, 2.75) is 45.6 Å². The predicted octanol–water partition coefficient (Wildman–Crippen LogP) is 1.86. The van der Waals surface area contributed by atoms with Crippen LogP contribution in [0.25, 0.3) is 0 Å². The van der Waals surface area contributed by atoms with E-state index in [1.54, 1.807) is 0 Å². The zero-order chi connectivity index (χ0) is 12.0. The van der Waals surface area contributed by atoms with Crippen LogP contribution in [0.5, 0.6) is 0 Å². The highest BCUT2D eigenvalue weighted by atomic mass is 16.5. The fourth-order valence-electron chi connectivity index (χ4n) is 2.65. The smallest absolute Gasteiger partial charge is 0.0663 e. The molecule has 1 rings (SSSR count). The topological polar surface area (TPSA) is 38.5 Å². The van der Waals surface area contributed by atoms with Gasteiger partial charge in [-0.15, -0.1) is 0 Å². The first-order valence-electron chi connectivity index (χ1n) is 6.75. The van der Waals surface area contributed by atoms with Crippen molar-refractivity contribution in [3.63, 3.8) is 0 Å². The minimum absolute atomic E-state index is 0.122. The van der Waals surface area contributed by atoms with Crippen LogP contribution in [0.15, 0.2) is 0 Å². The monoisotopic (exact) mass is 228 g/mol. The fourth-order valence-corrected chi connectivity index (χ4v) is 2.65. The number of hydrogen-bond donors (Lipinski definition) is 1. The maximum absolute atomic E-state index is 5.98. The Kier molecular flexibility index (Phi) is 5.73. The third kappa shape index (κ3) is 2.96. The van der Waals surface area contributed by atoms with Crippen LogP contribution >= 0.6 is 0 Å². The number of nitrogens with zero attached hydrogens (tertiary/aromatic N) is 1. The molecule has 0 amide bonds. The first-order chi connectivity index (χ1) is 7.72. The Labute approximate surface area is 100 Å². The van der Waals surface area contributed by atoms with E-state index in [1.807, 2.05) is 0 Å². The van der Waals surface area contributed by atoms with Crippen LogP contribution in [-0.4, -0.2) is 43.3 Å². The second-order valence-corrected chi connectivity index (χ2v) is 4.95. The van der Waals surface area contributed by atoms with E-state index in [9.17, 15) is 0 Å². The summed E-state index contributed by atoms with van der Waals surface area (Å²) in [5.74, 6) is 0.795. The van der Waals surface area contributed by atoms with Gasteiger partial charge in [-0.25, -0.2) is 0 Å². The number of ether oxygens (including phenoxy) is 1. The molecule has 3 heteroatoms. The minimum atomic E-state index is 0.122. The average Bonchev–Trinajstić information content (AvgIpc) is 2.80. The molecule has 0 aromatic carbocycles. The lowest BCUT2D eigenvalue weighted by atomic mass is 9.93. The van der Waals surface area contributed by atoms with E-state index in [1.165, 1.54) is 19.4 Å². The lowest BCUT2D eigenvalue weighted by Gasteiger charge is -2.40. The zero-order valence-electron chi connectivity index (χ0n) is 11.2. The fraction of sp³-hybridized carbons (Fsp3) is 1.00. The highest BCUT2D eigenvalue weighted by Crippen LogP contribution is 2.27. The molecule has 16 heavy (non-hydrogen) atoms. The van der Waals surface area contributed by atoms with Crippen LogP contribution in [-0.2, 0) is 4.74 Å². The summed E-state index contributed by atoms with van der Waals surface area (Å²) in [6.45, 7) is 11.5. The standard InChI is InChI=1S/C13H28N2O/c1-4-12(5-2)9-15(6-3)13(10-14)7-8-16-11-13/h12H,4-11,14H2,1-3H3. The van der Waals surface area contributed by atoms with Gasteiger partial charge < -0.3 is 10.5 Å². The molecule has 0 radical (unpaired) electrons. The highest BCUT2D eigenvalue weighted by molar-refractivity contribution is 4.95. The molecule has 2 N–H and O–H groups in total. The molecule has 0 aromatic rings. The summed E-state index contributed by atoms with van der Waals surface area (Å²) in [4.78, 5) is 2.55. The van der Waals surface area contributed by atoms with Crippen molar-refractivity contribution in [3.05, 3.63) is 0 Å². The van der Waals surface area contributed by atoms with Gasteiger partial charge in [-0.1, -0.05) is 33.6 Å². The van der Waals surface area contributed by atoms with Crippen molar-refractivity contribution in [3.8, 4) is 0 Å². The Hall–Kier alpha value is -0.120. The Morgan fingerprint density at radius 2 is 2.00 bits per heavy atom. The van der Waals surface area contributed by atoms with Crippen LogP contribution in [0.1, 0.15) is 40.0 Å². The molecule has 1 aliphatic heterocycles. The third-order valence-corrected chi connectivity index (χ3v) is 4.15. The predicted molar refractivity (Wildman–Crippen MR) is 68.5 cm³/mol. The lowest BCUT2D eigenvalue weighted by molar-refractivity contribution is 0.0613. The number of hydrogen-bond acceptors (Lipinski definition) is 3.